The molecule has 4 unspecified atom stereocenters. The molecule has 2 N–H and O–H groups in total. The Kier molecular flexibility index (Phi) is 7.23. The number of ether oxygens (including phenoxy) is 3. The van der Waals surface area contributed by atoms with Crippen molar-refractivity contribution in [3.8, 4) is 0 Å². The topological polar surface area (TPSA) is 85.2 Å². The number of hydrogen-bond acceptors (Lipinski definition) is 6. The molecule has 0 spiro atoms. The number of hydrogen-bond donors (Lipinski definition) is 2. The van der Waals surface area contributed by atoms with Gasteiger partial charge in [-0.25, -0.2) is 4.79 Å². The molecular formula is C30H52O6. The van der Waals surface area contributed by atoms with Crippen molar-refractivity contribution in [2.45, 2.75) is 155 Å². The van der Waals surface area contributed by atoms with Crippen LogP contribution >= 0.6 is 0 Å². The molecule has 0 radical (unpaired) electrons. The third kappa shape index (κ3) is 5.17. The lowest BCUT2D eigenvalue weighted by Gasteiger charge is -2.72. The largest absolute Gasteiger partial charge is 0.456 e. The van der Waals surface area contributed by atoms with Crippen molar-refractivity contribution in [1.82, 2.24) is 0 Å². The van der Waals surface area contributed by atoms with Gasteiger partial charge in [-0.15, -0.1) is 0 Å². The van der Waals surface area contributed by atoms with E-state index in [1.54, 1.807) is 34.6 Å². The summed E-state index contributed by atoms with van der Waals surface area (Å²) in [5.74, 6) is 0.0224. The summed E-state index contributed by atoms with van der Waals surface area (Å²) in [6.45, 7) is 25.0. The van der Waals surface area contributed by atoms with Gasteiger partial charge in [0.2, 0.25) is 0 Å². The Labute approximate surface area is 219 Å². The van der Waals surface area contributed by atoms with Gasteiger partial charge in [0.1, 0.15) is 5.60 Å². The van der Waals surface area contributed by atoms with Gasteiger partial charge in [0.05, 0.1) is 34.6 Å². The standard InChI is InChI=1S/C30H52O6/c1-19(2)23(31)36-30-15-22-13-28(17-30,26(9,10)34-20(3)24(5,6)32)16-29(14-22,18-30)27(11,12)35-21(4)25(7,8)33/h20-22,32-33H,1,13-18H2,2-12H3. The summed E-state index contributed by atoms with van der Waals surface area (Å²) in [4.78, 5) is 12.9. The molecule has 4 rings (SSSR count). The SMILES string of the molecule is C=C(C)C(=O)OC12CC3CC(C(C)(C)OC(C)C(C)(C)O)(C1)CC(C(C)(C)OC(C)C(C)(C)O)(C3)C2. The van der Waals surface area contributed by atoms with E-state index in [2.05, 4.69) is 34.3 Å². The second kappa shape index (κ2) is 8.79. The predicted octanol–water partition coefficient (Wildman–Crippen LogP) is 5.72. The van der Waals surface area contributed by atoms with E-state index in [1.807, 2.05) is 13.8 Å². The van der Waals surface area contributed by atoms with Gasteiger partial charge in [-0.05, 0) is 121 Å². The maximum absolute atomic E-state index is 12.9. The summed E-state index contributed by atoms with van der Waals surface area (Å²) >= 11 is 0. The van der Waals surface area contributed by atoms with E-state index in [0.29, 0.717) is 11.5 Å². The first kappa shape index (κ1) is 29.6. The predicted molar refractivity (Wildman–Crippen MR) is 142 cm³/mol. The van der Waals surface area contributed by atoms with Crippen molar-refractivity contribution in [2.75, 3.05) is 0 Å². The molecule has 0 aromatic rings. The fourth-order valence-corrected chi connectivity index (χ4v) is 7.51. The molecule has 4 fully saturated rings. The summed E-state index contributed by atoms with van der Waals surface area (Å²) in [7, 11) is 0. The zero-order valence-electron chi connectivity index (χ0n) is 24.7. The van der Waals surface area contributed by atoms with Crippen LogP contribution in [0.15, 0.2) is 12.2 Å². The van der Waals surface area contributed by atoms with Crippen molar-refractivity contribution in [2.24, 2.45) is 16.7 Å². The van der Waals surface area contributed by atoms with Gasteiger partial charge in [0.25, 0.3) is 0 Å². The van der Waals surface area contributed by atoms with E-state index < -0.39 is 28.0 Å². The van der Waals surface area contributed by atoms with Crippen LogP contribution in [0.5, 0.6) is 0 Å². The van der Waals surface area contributed by atoms with Crippen LogP contribution in [0.4, 0.5) is 0 Å². The molecule has 0 heterocycles. The smallest absolute Gasteiger partial charge is 0.333 e. The minimum atomic E-state index is -0.980. The Balaban J connectivity index is 2.09. The first-order valence-electron chi connectivity index (χ1n) is 13.7. The quantitative estimate of drug-likeness (QED) is 0.290. The third-order valence-electron chi connectivity index (χ3n) is 10.2. The second-order valence-corrected chi connectivity index (χ2v) is 14.8. The van der Waals surface area contributed by atoms with Crippen LogP contribution in [0.25, 0.3) is 0 Å². The van der Waals surface area contributed by atoms with Crippen LogP contribution in [0.3, 0.4) is 0 Å². The number of carbonyl (C=O) groups is 1. The lowest BCUT2D eigenvalue weighted by atomic mass is 9.37. The maximum Gasteiger partial charge on any atom is 0.333 e. The molecule has 0 aliphatic heterocycles. The van der Waals surface area contributed by atoms with Gasteiger partial charge in [0, 0.05) is 16.4 Å². The van der Waals surface area contributed by atoms with Crippen LogP contribution in [0, 0.1) is 16.7 Å². The van der Waals surface area contributed by atoms with Crippen LogP contribution < -0.4 is 0 Å². The molecule has 0 aromatic heterocycles. The van der Waals surface area contributed by atoms with Gasteiger partial charge in [-0.2, -0.15) is 0 Å². The zero-order chi connectivity index (χ0) is 27.8. The highest BCUT2D eigenvalue weighted by Crippen LogP contribution is 2.73. The molecule has 4 atom stereocenters. The molecule has 0 saturated heterocycles. The highest BCUT2D eigenvalue weighted by molar-refractivity contribution is 5.87. The van der Waals surface area contributed by atoms with Crippen LogP contribution in [0.2, 0.25) is 0 Å². The number of esters is 1. The van der Waals surface area contributed by atoms with Gasteiger partial charge < -0.3 is 24.4 Å². The van der Waals surface area contributed by atoms with E-state index in [9.17, 15) is 15.0 Å². The summed E-state index contributed by atoms with van der Waals surface area (Å²) in [6, 6.07) is 0. The van der Waals surface area contributed by atoms with E-state index >= 15 is 0 Å². The van der Waals surface area contributed by atoms with E-state index in [1.165, 1.54) is 0 Å². The van der Waals surface area contributed by atoms with Crippen molar-refractivity contribution < 1.29 is 29.2 Å². The molecule has 4 saturated carbocycles. The first-order valence-corrected chi connectivity index (χ1v) is 13.7. The van der Waals surface area contributed by atoms with Crippen molar-refractivity contribution in [3.05, 3.63) is 12.2 Å². The highest BCUT2D eigenvalue weighted by Gasteiger charge is 2.72. The number of aliphatic hydroxyl groups is 2. The average molecular weight is 509 g/mol. The summed E-state index contributed by atoms with van der Waals surface area (Å²) in [5.41, 5.74) is -3.85. The fraction of sp³-hybridized carbons (Fsp3) is 0.900. The summed E-state index contributed by atoms with van der Waals surface area (Å²) in [6.07, 6.45) is 4.40. The Hall–Kier alpha value is -0.950. The molecular weight excluding hydrogens is 456 g/mol. The van der Waals surface area contributed by atoms with Crippen molar-refractivity contribution >= 4 is 5.97 Å². The van der Waals surface area contributed by atoms with E-state index in [-0.39, 0.29) is 29.0 Å². The molecule has 0 amide bonds. The Morgan fingerprint density at radius 1 is 0.806 bits per heavy atom. The van der Waals surface area contributed by atoms with E-state index in [0.717, 1.165) is 38.5 Å². The molecule has 0 aromatic carbocycles. The Bertz CT molecular complexity index is 823. The Morgan fingerprint density at radius 3 is 1.53 bits per heavy atom. The number of rotatable bonds is 10. The van der Waals surface area contributed by atoms with Crippen molar-refractivity contribution in [1.29, 1.82) is 0 Å². The highest BCUT2D eigenvalue weighted by atomic mass is 16.6. The second-order valence-electron chi connectivity index (χ2n) is 14.8. The monoisotopic (exact) mass is 508 g/mol. The van der Waals surface area contributed by atoms with Gasteiger partial charge in [-0.1, -0.05) is 6.58 Å². The molecule has 6 heteroatoms. The van der Waals surface area contributed by atoms with Gasteiger partial charge in [-0.3, -0.25) is 0 Å². The van der Waals surface area contributed by atoms with Crippen LogP contribution in [-0.4, -0.2) is 56.4 Å². The van der Waals surface area contributed by atoms with E-state index in [4.69, 9.17) is 14.2 Å². The summed E-state index contributed by atoms with van der Waals surface area (Å²) in [5, 5.41) is 21.3. The first-order chi connectivity index (χ1) is 16.0. The molecule has 4 aliphatic carbocycles. The maximum atomic E-state index is 12.9. The molecule has 208 valence electrons. The zero-order valence-corrected chi connectivity index (χ0v) is 24.7. The molecule has 36 heavy (non-hydrogen) atoms. The minimum Gasteiger partial charge on any atom is -0.456 e. The lowest BCUT2D eigenvalue weighted by Crippen LogP contribution is -2.71. The molecule has 4 aliphatic rings. The minimum absolute atomic E-state index is 0.264. The normalized spacial score (nSPS) is 34.4. The van der Waals surface area contributed by atoms with Gasteiger partial charge in [0.15, 0.2) is 0 Å². The van der Waals surface area contributed by atoms with Crippen molar-refractivity contribution in [3.63, 3.8) is 0 Å². The van der Waals surface area contributed by atoms with Crippen LogP contribution in [-0.2, 0) is 19.0 Å². The Morgan fingerprint density at radius 2 is 1.19 bits per heavy atom. The molecule has 6 nitrogen and oxygen atoms in total. The average Bonchev–Trinajstić information content (AvgIpc) is 2.64. The number of carbonyl (C=O) groups excluding carboxylic acids is 1. The van der Waals surface area contributed by atoms with Gasteiger partial charge >= 0.3 is 5.97 Å². The fourth-order valence-electron chi connectivity index (χ4n) is 7.51. The lowest BCUT2D eigenvalue weighted by molar-refractivity contribution is -0.314. The van der Waals surface area contributed by atoms with Crippen LogP contribution in [0.1, 0.15) is 115 Å². The summed E-state index contributed by atoms with van der Waals surface area (Å²) < 4.78 is 19.7. The third-order valence-corrected chi connectivity index (χ3v) is 10.2. The molecule has 4 bridgehead atoms.